The van der Waals surface area contributed by atoms with Crippen molar-refractivity contribution in [3.8, 4) is 0 Å². The smallest absolute Gasteiger partial charge is 0.306 e. The molecule has 0 saturated carbocycles. The Hall–Kier alpha value is -3.23. The molecule has 0 fully saturated rings. The zero-order valence-corrected chi connectivity index (χ0v) is 39.8. The first-order valence-electron chi connectivity index (χ1n) is 24.5. The summed E-state index contributed by atoms with van der Waals surface area (Å²) < 4.78 is 17.2. The van der Waals surface area contributed by atoms with E-state index in [-0.39, 0.29) is 42.7 Å². The number of carboxylic acid groups (broad SMARTS) is 1. The van der Waals surface area contributed by atoms with E-state index in [2.05, 4.69) is 86.8 Å². The van der Waals surface area contributed by atoms with Crippen LogP contribution in [0.1, 0.15) is 194 Å². The molecule has 0 aromatic rings. The molecule has 61 heavy (non-hydrogen) atoms. The Morgan fingerprint density at radius 2 is 0.918 bits per heavy atom. The number of carbonyl (C=O) groups excluding carboxylic acids is 3. The van der Waals surface area contributed by atoms with Crippen LogP contribution >= 0.6 is 0 Å². The van der Waals surface area contributed by atoms with E-state index >= 15 is 0 Å². The van der Waals surface area contributed by atoms with Crippen molar-refractivity contribution in [2.45, 2.75) is 206 Å². The summed E-state index contributed by atoms with van der Waals surface area (Å²) in [5.74, 6) is -1.80. The van der Waals surface area contributed by atoms with Crippen molar-refractivity contribution in [2.24, 2.45) is 0 Å². The highest BCUT2D eigenvalue weighted by Gasteiger charge is 2.25. The number of hydrogen-bond acceptors (Lipinski definition) is 7. The fourth-order valence-electron chi connectivity index (χ4n) is 6.75. The Labute approximate surface area is 374 Å². The van der Waals surface area contributed by atoms with Crippen LogP contribution in [0.2, 0.25) is 0 Å². The number of esters is 2. The van der Waals surface area contributed by atoms with Gasteiger partial charge in [0.15, 0.2) is 6.10 Å². The second-order valence-corrected chi connectivity index (χ2v) is 17.4. The van der Waals surface area contributed by atoms with Crippen molar-refractivity contribution in [1.29, 1.82) is 0 Å². The lowest BCUT2D eigenvalue weighted by Gasteiger charge is -2.34. The summed E-state index contributed by atoms with van der Waals surface area (Å²) >= 11 is 0. The summed E-state index contributed by atoms with van der Waals surface area (Å²) in [6.07, 6.45) is 55.0. The van der Waals surface area contributed by atoms with Gasteiger partial charge in [0.1, 0.15) is 12.6 Å². The molecule has 350 valence electrons. The predicted molar refractivity (Wildman–Crippen MR) is 254 cm³/mol. The van der Waals surface area contributed by atoms with Gasteiger partial charge in [-0.1, -0.05) is 164 Å². The zero-order valence-electron chi connectivity index (χ0n) is 39.8. The lowest BCUT2D eigenvalue weighted by molar-refractivity contribution is -0.889. The first-order chi connectivity index (χ1) is 29.6. The van der Waals surface area contributed by atoms with Gasteiger partial charge in [0, 0.05) is 19.3 Å². The highest BCUT2D eigenvalue weighted by Crippen LogP contribution is 2.13. The normalized spacial score (nSPS) is 13.5. The number of rotatable bonds is 43. The molecule has 0 heterocycles. The molecule has 0 N–H and O–H groups in total. The maximum absolute atomic E-state index is 12.8. The van der Waals surface area contributed by atoms with Gasteiger partial charge in [0.05, 0.1) is 40.3 Å². The van der Waals surface area contributed by atoms with E-state index in [9.17, 15) is 19.5 Å². The molecule has 8 nitrogen and oxygen atoms in total. The predicted octanol–water partition coefficient (Wildman–Crippen LogP) is 12.6. The lowest BCUT2D eigenvalue weighted by atomic mass is 10.1. The zero-order chi connectivity index (χ0) is 44.9. The van der Waals surface area contributed by atoms with Gasteiger partial charge in [0.2, 0.25) is 0 Å². The Bertz CT molecular complexity index is 1230. The van der Waals surface area contributed by atoms with Gasteiger partial charge in [-0.3, -0.25) is 9.59 Å². The van der Waals surface area contributed by atoms with Crippen molar-refractivity contribution in [3.05, 3.63) is 72.9 Å². The molecule has 0 bridgehead atoms. The Morgan fingerprint density at radius 1 is 0.508 bits per heavy atom. The summed E-state index contributed by atoms with van der Waals surface area (Å²) in [5, 5.41) is 11.6. The van der Waals surface area contributed by atoms with Gasteiger partial charge in [-0.25, -0.2) is 0 Å². The van der Waals surface area contributed by atoms with Crippen LogP contribution in [0, 0.1) is 0 Å². The number of allylic oxidation sites excluding steroid dienone is 12. The molecule has 2 unspecified atom stereocenters. The fraction of sp³-hybridized carbons (Fsp3) is 0.717. The maximum atomic E-state index is 12.8. The summed E-state index contributed by atoms with van der Waals surface area (Å²) in [6.45, 7) is 4.58. The standard InChI is InChI=1S/C53H91NO7/c1-6-8-10-12-14-16-18-20-22-24-25-26-27-28-30-32-34-36-38-40-42-44-52(56)61-49(47-59-46-45-50(53(57)58)54(3,4)5)48-60-51(55)43-41-39-37-35-33-31-29-23-21-19-17-15-13-11-9-7-2/h14,16,20,22-23,25-26,28-31,33,49-50H,6-13,15,17-19,21,24,27,32,34-48H2,1-5H3/b16-14+,22-20+,26-25+,29-23+,30-28+,33-31+. The van der Waals surface area contributed by atoms with Crippen LogP contribution in [-0.2, 0) is 28.6 Å². The van der Waals surface area contributed by atoms with E-state index in [4.69, 9.17) is 14.2 Å². The number of likely N-dealkylation sites (N-methyl/N-ethyl adjacent to an activating group) is 1. The second kappa shape index (κ2) is 43.4. The largest absolute Gasteiger partial charge is 0.544 e. The van der Waals surface area contributed by atoms with Crippen LogP contribution in [0.5, 0.6) is 0 Å². The van der Waals surface area contributed by atoms with Crippen LogP contribution in [0.15, 0.2) is 72.9 Å². The quantitative estimate of drug-likeness (QED) is 0.0198. The first kappa shape index (κ1) is 57.8. The molecule has 8 heteroatoms. The van der Waals surface area contributed by atoms with Gasteiger partial charge in [0.25, 0.3) is 0 Å². The molecule has 0 radical (unpaired) electrons. The minimum atomic E-state index is -1.13. The van der Waals surface area contributed by atoms with E-state index in [0.717, 1.165) is 89.9 Å². The molecule has 0 spiro atoms. The topological polar surface area (TPSA) is 102 Å². The second-order valence-electron chi connectivity index (χ2n) is 17.4. The maximum Gasteiger partial charge on any atom is 0.306 e. The highest BCUT2D eigenvalue weighted by atomic mass is 16.6. The number of hydrogen-bond donors (Lipinski definition) is 0. The Morgan fingerprint density at radius 3 is 1.43 bits per heavy atom. The van der Waals surface area contributed by atoms with Crippen molar-refractivity contribution in [3.63, 3.8) is 0 Å². The first-order valence-corrected chi connectivity index (χ1v) is 24.5. The number of nitrogens with zero attached hydrogens (tertiary/aromatic N) is 1. The van der Waals surface area contributed by atoms with Gasteiger partial charge in [-0.2, -0.15) is 0 Å². The van der Waals surface area contributed by atoms with E-state index in [0.29, 0.717) is 12.8 Å². The average Bonchev–Trinajstić information content (AvgIpc) is 3.22. The minimum Gasteiger partial charge on any atom is -0.544 e. The third kappa shape index (κ3) is 41.9. The number of unbranched alkanes of at least 4 members (excludes halogenated alkanes) is 18. The summed E-state index contributed by atoms with van der Waals surface area (Å²) in [5.41, 5.74) is 0. The summed E-state index contributed by atoms with van der Waals surface area (Å²) in [6, 6.07) is -0.737. The van der Waals surface area contributed by atoms with Crippen LogP contribution < -0.4 is 5.11 Å². The van der Waals surface area contributed by atoms with Gasteiger partial charge in [-0.15, -0.1) is 0 Å². The molecule has 0 aliphatic rings. The Kier molecular flexibility index (Phi) is 41.1. The number of ether oxygens (including phenoxy) is 3. The van der Waals surface area contributed by atoms with E-state index in [1.165, 1.54) is 70.6 Å². The van der Waals surface area contributed by atoms with E-state index < -0.39 is 18.1 Å². The van der Waals surface area contributed by atoms with E-state index in [1.54, 1.807) is 21.1 Å². The molecule has 0 aromatic carbocycles. The summed E-state index contributed by atoms with van der Waals surface area (Å²) in [7, 11) is 5.39. The van der Waals surface area contributed by atoms with Crippen LogP contribution in [0.4, 0.5) is 0 Å². The molecule has 0 saturated heterocycles. The van der Waals surface area contributed by atoms with Gasteiger partial charge in [-0.05, 0) is 83.5 Å². The molecule has 0 rings (SSSR count). The van der Waals surface area contributed by atoms with Gasteiger partial charge < -0.3 is 28.6 Å². The van der Waals surface area contributed by atoms with Crippen molar-refractivity contribution < 1.29 is 38.2 Å². The molecular weight excluding hydrogens is 763 g/mol. The molecule has 0 aromatic heterocycles. The highest BCUT2D eigenvalue weighted by molar-refractivity contribution is 5.70. The van der Waals surface area contributed by atoms with Crippen LogP contribution in [0.25, 0.3) is 0 Å². The van der Waals surface area contributed by atoms with Crippen molar-refractivity contribution in [2.75, 3.05) is 41.0 Å². The van der Waals surface area contributed by atoms with Crippen molar-refractivity contribution >= 4 is 17.9 Å². The number of carbonyl (C=O) groups is 3. The summed E-state index contributed by atoms with van der Waals surface area (Å²) in [4.78, 5) is 37.0. The molecular formula is C53H91NO7. The third-order valence-corrected chi connectivity index (χ3v) is 10.6. The SMILES string of the molecule is CCCCC/C=C/C/C=C/C/C=C/C/C=C/CCCCCCCC(=O)OC(COCCC(C(=O)[O-])[N+](C)(C)C)COC(=O)CCCCC/C=C/C=C/CCCCCCCCC. The van der Waals surface area contributed by atoms with Gasteiger partial charge >= 0.3 is 11.9 Å². The number of quaternary nitrogens is 1. The Balaban J connectivity index is 4.38. The molecule has 0 aliphatic heterocycles. The monoisotopic (exact) mass is 854 g/mol. The third-order valence-electron chi connectivity index (χ3n) is 10.6. The number of aliphatic carboxylic acids is 1. The molecule has 2 atom stereocenters. The number of carboxylic acids is 1. The molecule has 0 amide bonds. The van der Waals surface area contributed by atoms with Crippen molar-refractivity contribution in [1.82, 2.24) is 0 Å². The van der Waals surface area contributed by atoms with Crippen LogP contribution in [-0.4, -0.2) is 75.5 Å². The lowest BCUT2D eigenvalue weighted by Crippen LogP contribution is -2.55. The van der Waals surface area contributed by atoms with Crippen LogP contribution in [0.3, 0.4) is 0 Å². The average molecular weight is 854 g/mol. The minimum absolute atomic E-state index is 0.0211. The fourth-order valence-corrected chi connectivity index (χ4v) is 6.75. The van der Waals surface area contributed by atoms with E-state index in [1.807, 2.05) is 0 Å². The molecule has 0 aliphatic carbocycles.